The fourth-order valence-corrected chi connectivity index (χ4v) is 5.27. The number of hydrogen-bond donors (Lipinski definition) is 2. The van der Waals surface area contributed by atoms with Crippen LogP contribution in [0.1, 0.15) is 37.7 Å². The van der Waals surface area contributed by atoms with Crippen LogP contribution < -0.4 is 15.9 Å². The Morgan fingerprint density at radius 1 is 1.00 bits per heavy atom. The first-order chi connectivity index (χ1) is 15.6. The highest BCUT2D eigenvalue weighted by Gasteiger charge is 2.22. The molecule has 0 spiro atoms. The number of anilines is 3. The molecule has 170 valence electrons. The van der Waals surface area contributed by atoms with Crippen LogP contribution in [0.3, 0.4) is 0 Å². The Labute approximate surface area is 190 Å². The molecule has 0 amide bonds. The van der Waals surface area contributed by atoms with E-state index >= 15 is 0 Å². The molecule has 2 aromatic carbocycles. The molecule has 1 saturated heterocycles. The van der Waals surface area contributed by atoms with Crippen LogP contribution in [0.5, 0.6) is 0 Å². The summed E-state index contributed by atoms with van der Waals surface area (Å²) < 4.78 is 1.99. The van der Waals surface area contributed by atoms with Crippen molar-refractivity contribution in [3.05, 3.63) is 52.4 Å². The number of nitrogens with zero attached hydrogens (tertiary/aromatic N) is 3. The lowest BCUT2D eigenvalue weighted by Gasteiger charge is -2.35. The Morgan fingerprint density at radius 2 is 1.75 bits per heavy atom. The van der Waals surface area contributed by atoms with Crippen molar-refractivity contribution >= 4 is 28.1 Å². The van der Waals surface area contributed by atoms with E-state index in [0.717, 1.165) is 55.1 Å². The summed E-state index contributed by atoms with van der Waals surface area (Å²) >= 11 is 0. The van der Waals surface area contributed by atoms with Crippen molar-refractivity contribution in [3.63, 3.8) is 0 Å². The van der Waals surface area contributed by atoms with Gasteiger partial charge in [-0.05, 0) is 56.5 Å². The standard InChI is InChI=1S/C26H35N5O/c1-19-8-6-7-11-21(19)27-22-16-23-25(17-24(22)30-14-12-29(2)13-15-30)31(26(32)28-23)18-20-9-4-3-5-10-20/h6-8,11,16-17,20,27H,3-5,9-10,12-15,18H2,1-2H3,(H,28,32). The highest BCUT2D eigenvalue weighted by Crippen LogP contribution is 2.35. The second kappa shape index (κ2) is 9.02. The van der Waals surface area contributed by atoms with E-state index in [1.165, 1.54) is 43.4 Å². The van der Waals surface area contributed by atoms with Crippen molar-refractivity contribution < 1.29 is 0 Å². The largest absolute Gasteiger partial charge is 0.367 e. The molecule has 1 aliphatic heterocycles. The number of aromatic amines is 1. The average Bonchev–Trinajstić information content (AvgIpc) is 3.10. The van der Waals surface area contributed by atoms with Crippen LogP contribution in [0.4, 0.5) is 17.1 Å². The Morgan fingerprint density at radius 3 is 2.50 bits per heavy atom. The molecule has 0 atom stereocenters. The van der Waals surface area contributed by atoms with Crippen molar-refractivity contribution in [1.29, 1.82) is 0 Å². The van der Waals surface area contributed by atoms with Gasteiger partial charge in [0, 0.05) is 38.4 Å². The molecular weight excluding hydrogens is 398 g/mol. The maximum atomic E-state index is 12.9. The van der Waals surface area contributed by atoms with Crippen molar-refractivity contribution in [2.24, 2.45) is 5.92 Å². The van der Waals surface area contributed by atoms with Gasteiger partial charge in [0.25, 0.3) is 0 Å². The quantitative estimate of drug-likeness (QED) is 0.612. The Hall–Kier alpha value is -2.73. The molecule has 2 N–H and O–H groups in total. The van der Waals surface area contributed by atoms with E-state index < -0.39 is 0 Å². The molecule has 2 aliphatic rings. The van der Waals surface area contributed by atoms with Crippen LogP contribution in [0.2, 0.25) is 0 Å². The van der Waals surface area contributed by atoms with Gasteiger partial charge in [-0.25, -0.2) is 4.79 Å². The van der Waals surface area contributed by atoms with Gasteiger partial charge in [-0.1, -0.05) is 37.5 Å². The Kier molecular flexibility index (Phi) is 5.96. The van der Waals surface area contributed by atoms with Gasteiger partial charge in [0.05, 0.1) is 22.4 Å². The molecule has 2 heterocycles. The summed E-state index contributed by atoms with van der Waals surface area (Å²) in [6, 6.07) is 12.7. The molecule has 0 unspecified atom stereocenters. The zero-order valence-corrected chi connectivity index (χ0v) is 19.4. The summed E-state index contributed by atoms with van der Waals surface area (Å²) in [4.78, 5) is 20.9. The summed E-state index contributed by atoms with van der Waals surface area (Å²) in [6.07, 6.45) is 6.38. The number of benzene rings is 2. The minimum Gasteiger partial charge on any atom is -0.367 e. The number of para-hydroxylation sites is 1. The molecule has 2 fully saturated rings. The minimum atomic E-state index is 0.0166. The lowest BCUT2D eigenvalue weighted by molar-refractivity contribution is 0.313. The van der Waals surface area contributed by atoms with E-state index in [0.29, 0.717) is 5.92 Å². The topological polar surface area (TPSA) is 56.3 Å². The van der Waals surface area contributed by atoms with E-state index in [9.17, 15) is 4.79 Å². The van der Waals surface area contributed by atoms with Gasteiger partial charge in [-0.15, -0.1) is 0 Å². The van der Waals surface area contributed by atoms with Crippen LogP contribution in [0, 0.1) is 12.8 Å². The van der Waals surface area contributed by atoms with Crippen molar-refractivity contribution in [2.45, 2.75) is 45.6 Å². The van der Waals surface area contributed by atoms with E-state index in [1.54, 1.807) is 0 Å². The second-order valence-corrected chi connectivity index (χ2v) is 9.66. The third-order valence-electron chi connectivity index (χ3n) is 7.32. The van der Waals surface area contributed by atoms with Crippen molar-refractivity contribution in [3.8, 4) is 0 Å². The van der Waals surface area contributed by atoms with E-state index in [-0.39, 0.29) is 5.69 Å². The summed E-state index contributed by atoms with van der Waals surface area (Å²) in [7, 11) is 2.18. The summed E-state index contributed by atoms with van der Waals surface area (Å²) in [6.45, 7) is 7.02. The summed E-state index contributed by atoms with van der Waals surface area (Å²) in [5.41, 5.74) is 6.52. The number of likely N-dealkylation sites (N-methyl/N-ethyl adjacent to an activating group) is 1. The molecule has 0 bridgehead atoms. The number of H-pyrrole nitrogens is 1. The first-order valence-electron chi connectivity index (χ1n) is 12.1. The maximum Gasteiger partial charge on any atom is 0.326 e. The van der Waals surface area contributed by atoms with Crippen LogP contribution >= 0.6 is 0 Å². The number of aromatic nitrogens is 2. The number of imidazole rings is 1. The molecule has 6 heteroatoms. The predicted molar refractivity (Wildman–Crippen MR) is 133 cm³/mol. The van der Waals surface area contributed by atoms with Gasteiger partial charge in [-0.2, -0.15) is 0 Å². The molecule has 0 radical (unpaired) electrons. The monoisotopic (exact) mass is 433 g/mol. The first kappa shape index (κ1) is 21.1. The van der Waals surface area contributed by atoms with Gasteiger partial charge in [0.2, 0.25) is 0 Å². The number of piperazine rings is 1. The van der Waals surface area contributed by atoms with Crippen molar-refractivity contribution in [2.75, 3.05) is 43.4 Å². The normalized spacial score (nSPS) is 18.4. The van der Waals surface area contributed by atoms with Gasteiger partial charge >= 0.3 is 5.69 Å². The van der Waals surface area contributed by atoms with Gasteiger partial charge in [0.15, 0.2) is 0 Å². The number of aryl methyl sites for hydroxylation is 1. The van der Waals surface area contributed by atoms with E-state index in [4.69, 9.17) is 0 Å². The molecule has 3 aromatic rings. The highest BCUT2D eigenvalue weighted by atomic mass is 16.1. The molecule has 1 saturated carbocycles. The number of nitrogens with one attached hydrogen (secondary N) is 2. The summed E-state index contributed by atoms with van der Waals surface area (Å²) in [5.74, 6) is 0.609. The summed E-state index contributed by atoms with van der Waals surface area (Å²) in [5, 5.41) is 3.66. The number of rotatable bonds is 5. The third kappa shape index (κ3) is 4.29. The lowest BCUT2D eigenvalue weighted by atomic mass is 9.89. The van der Waals surface area contributed by atoms with Gasteiger partial charge in [-0.3, -0.25) is 4.57 Å². The van der Waals surface area contributed by atoms with Crippen LogP contribution in [0.25, 0.3) is 11.0 Å². The smallest absolute Gasteiger partial charge is 0.326 e. The molecule has 32 heavy (non-hydrogen) atoms. The predicted octanol–water partition coefficient (Wildman–Crippen LogP) is 4.71. The second-order valence-electron chi connectivity index (χ2n) is 9.66. The molecular formula is C26H35N5O. The zero-order valence-electron chi connectivity index (χ0n) is 19.4. The van der Waals surface area contributed by atoms with E-state index in [2.05, 4.69) is 70.5 Å². The Balaban J connectivity index is 1.56. The van der Waals surface area contributed by atoms with Crippen LogP contribution in [0.15, 0.2) is 41.2 Å². The zero-order chi connectivity index (χ0) is 22.1. The lowest BCUT2D eigenvalue weighted by Crippen LogP contribution is -2.44. The van der Waals surface area contributed by atoms with Crippen molar-refractivity contribution in [1.82, 2.24) is 14.5 Å². The minimum absolute atomic E-state index is 0.0166. The van der Waals surface area contributed by atoms with Gasteiger partial charge < -0.3 is 20.1 Å². The van der Waals surface area contributed by atoms with Gasteiger partial charge in [0.1, 0.15) is 0 Å². The Bertz CT molecular complexity index is 1130. The molecule has 1 aliphatic carbocycles. The van der Waals surface area contributed by atoms with Crippen LogP contribution in [-0.2, 0) is 6.54 Å². The fourth-order valence-electron chi connectivity index (χ4n) is 5.27. The molecule has 6 nitrogen and oxygen atoms in total. The average molecular weight is 434 g/mol. The fraction of sp³-hybridized carbons (Fsp3) is 0.500. The number of hydrogen-bond acceptors (Lipinski definition) is 4. The molecule has 5 rings (SSSR count). The van der Waals surface area contributed by atoms with E-state index in [1.807, 2.05) is 4.57 Å². The third-order valence-corrected chi connectivity index (χ3v) is 7.32. The SMILES string of the molecule is Cc1ccccc1Nc1cc2[nH]c(=O)n(CC3CCCCC3)c2cc1N1CCN(C)CC1. The molecule has 1 aromatic heterocycles. The first-order valence-corrected chi connectivity index (χ1v) is 12.1. The number of fused-ring (bicyclic) bond motifs is 1. The van der Waals surface area contributed by atoms with Crippen LogP contribution in [-0.4, -0.2) is 47.7 Å². The highest BCUT2D eigenvalue weighted by molar-refractivity contribution is 5.90. The maximum absolute atomic E-state index is 12.9.